The molecule has 1 aliphatic heterocycles. The van der Waals surface area contributed by atoms with Gasteiger partial charge in [-0.25, -0.2) is 4.79 Å². The van der Waals surface area contributed by atoms with Crippen molar-refractivity contribution in [2.45, 2.75) is 47.6 Å². The quantitative estimate of drug-likeness (QED) is 0.836. The lowest BCUT2D eigenvalue weighted by Crippen LogP contribution is -2.25. The zero-order chi connectivity index (χ0) is 14.7. The number of hydrogen-bond donors (Lipinski definition) is 1. The smallest absolute Gasteiger partial charge is 0.339 e. The van der Waals surface area contributed by atoms with E-state index in [4.69, 9.17) is 4.74 Å². The highest BCUT2D eigenvalue weighted by atomic mass is 16.5. The molecule has 0 saturated heterocycles. The Kier molecular flexibility index (Phi) is 9.71. The molecule has 4 nitrogen and oxygen atoms in total. The van der Waals surface area contributed by atoms with Crippen LogP contribution in [0.15, 0.2) is 12.3 Å². The molecule has 1 aromatic heterocycles. The van der Waals surface area contributed by atoms with Crippen LogP contribution in [0.5, 0.6) is 0 Å². The maximum absolute atomic E-state index is 11.5. The van der Waals surface area contributed by atoms with Gasteiger partial charge in [0, 0.05) is 12.7 Å². The minimum absolute atomic E-state index is 0.286. The van der Waals surface area contributed by atoms with Crippen LogP contribution in [0.4, 0.5) is 0 Å². The Hall–Kier alpha value is -1.42. The third-order valence-electron chi connectivity index (χ3n) is 2.43. The summed E-state index contributed by atoms with van der Waals surface area (Å²) >= 11 is 0. The lowest BCUT2D eigenvalue weighted by Gasteiger charge is -2.16. The van der Waals surface area contributed by atoms with E-state index in [1.807, 2.05) is 33.8 Å². The first kappa shape index (κ1) is 17.6. The highest BCUT2D eigenvalue weighted by Crippen LogP contribution is 2.13. The molecule has 0 radical (unpaired) electrons. The Bertz CT molecular complexity index is 378. The van der Waals surface area contributed by atoms with Gasteiger partial charge in [0.25, 0.3) is 0 Å². The number of esters is 1. The topological polar surface area (TPSA) is 51.2 Å². The Morgan fingerprint density at radius 3 is 2.68 bits per heavy atom. The first-order valence-corrected chi connectivity index (χ1v) is 7.17. The predicted molar refractivity (Wildman–Crippen MR) is 78.3 cm³/mol. The van der Waals surface area contributed by atoms with E-state index in [9.17, 15) is 4.79 Å². The molecular weight excluding hydrogens is 240 g/mol. The molecule has 0 aromatic carbocycles. The van der Waals surface area contributed by atoms with Gasteiger partial charge in [0.05, 0.1) is 17.9 Å². The number of ether oxygens (including phenoxy) is 1. The molecule has 0 spiro atoms. The second-order valence-corrected chi connectivity index (χ2v) is 3.48. The molecule has 108 valence electrons. The average Bonchev–Trinajstić information content (AvgIpc) is 2.51. The summed E-state index contributed by atoms with van der Waals surface area (Å²) < 4.78 is 4.92. The number of hydrogen-bond acceptors (Lipinski definition) is 4. The van der Waals surface area contributed by atoms with Crippen molar-refractivity contribution in [3.8, 4) is 0 Å². The molecule has 19 heavy (non-hydrogen) atoms. The van der Waals surface area contributed by atoms with E-state index in [0.29, 0.717) is 12.2 Å². The summed E-state index contributed by atoms with van der Waals surface area (Å²) in [6, 6.07) is 1.89. The van der Waals surface area contributed by atoms with Gasteiger partial charge < -0.3 is 10.1 Å². The molecule has 0 aliphatic carbocycles. The second-order valence-electron chi connectivity index (χ2n) is 3.48. The molecule has 0 unspecified atom stereocenters. The molecule has 0 bridgehead atoms. The van der Waals surface area contributed by atoms with Gasteiger partial charge in [-0.2, -0.15) is 0 Å². The van der Waals surface area contributed by atoms with Crippen LogP contribution < -0.4 is 5.32 Å². The molecule has 0 atom stereocenters. The minimum atomic E-state index is -0.286. The normalized spacial score (nSPS) is 12.1. The van der Waals surface area contributed by atoms with Gasteiger partial charge in [-0.3, -0.25) is 4.98 Å². The van der Waals surface area contributed by atoms with Gasteiger partial charge in [0.1, 0.15) is 0 Å². The number of aromatic nitrogens is 1. The number of fused-ring (bicyclic) bond motifs is 1. The van der Waals surface area contributed by atoms with Gasteiger partial charge in [-0.15, -0.1) is 0 Å². The first-order chi connectivity index (χ1) is 9.31. The highest BCUT2D eigenvalue weighted by Gasteiger charge is 2.13. The molecule has 4 heteroatoms. The van der Waals surface area contributed by atoms with Crippen molar-refractivity contribution in [3.05, 3.63) is 29.1 Å². The fraction of sp³-hybridized carbons (Fsp3) is 0.600. The summed E-state index contributed by atoms with van der Waals surface area (Å²) in [7, 11) is 0. The van der Waals surface area contributed by atoms with Crippen molar-refractivity contribution in [1.29, 1.82) is 0 Å². The van der Waals surface area contributed by atoms with Crippen LogP contribution in [0.2, 0.25) is 0 Å². The van der Waals surface area contributed by atoms with Gasteiger partial charge in [0.2, 0.25) is 0 Å². The van der Waals surface area contributed by atoms with Crippen LogP contribution >= 0.6 is 0 Å². The van der Waals surface area contributed by atoms with Crippen LogP contribution in [0.3, 0.4) is 0 Å². The van der Waals surface area contributed by atoms with Crippen molar-refractivity contribution in [2.75, 3.05) is 13.2 Å². The number of carbonyl (C=O) groups is 1. The molecule has 0 amide bonds. The highest BCUT2D eigenvalue weighted by molar-refractivity contribution is 5.89. The number of nitrogens with zero attached hydrogens (tertiary/aromatic N) is 1. The summed E-state index contributed by atoms with van der Waals surface area (Å²) in [5.41, 5.74) is 2.74. The number of carbonyl (C=O) groups excluding carboxylic acids is 1. The monoisotopic (exact) mass is 266 g/mol. The van der Waals surface area contributed by atoms with Crippen LogP contribution in [-0.4, -0.2) is 24.1 Å². The van der Waals surface area contributed by atoms with Crippen LogP contribution in [0.1, 0.15) is 56.2 Å². The lowest BCUT2D eigenvalue weighted by atomic mass is 10.0. The van der Waals surface area contributed by atoms with E-state index in [0.717, 1.165) is 30.8 Å². The zero-order valence-electron chi connectivity index (χ0n) is 12.7. The number of rotatable bonds is 2. The Morgan fingerprint density at radius 1 is 1.37 bits per heavy atom. The summed E-state index contributed by atoms with van der Waals surface area (Å²) in [5, 5.41) is 3.24. The fourth-order valence-electron chi connectivity index (χ4n) is 1.67. The summed E-state index contributed by atoms with van der Waals surface area (Å²) in [5.74, 6) is -0.286. The van der Waals surface area contributed by atoms with E-state index in [1.165, 1.54) is 0 Å². The number of nitrogens with one attached hydrogen (secondary N) is 1. The largest absolute Gasteiger partial charge is 0.462 e. The van der Waals surface area contributed by atoms with Gasteiger partial charge in [0.15, 0.2) is 0 Å². The third-order valence-corrected chi connectivity index (χ3v) is 2.43. The molecule has 0 saturated carbocycles. The third kappa shape index (κ3) is 5.39. The van der Waals surface area contributed by atoms with E-state index in [2.05, 4.69) is 10.3 Å². The van der Waals surface area contributed by atoms with E-state index in [1.54, 1.807) is 13.1 Å². The first-order valence-electron chi connectivity index (χ1n) is 7.17. The second kappa shape index (κ2) is 10.5. The van der Waals surface area contributed by atoms with Crippen molar-refractivity contribution in [1.82, 2.24) is 10.3 Å². The Balaban J connectivity index is 0.000000741. The van der Waals surface area contributed by atoms with E-state index in [-0.39, 0.29) is 5.97 Å². The van der Waals surface area contributed by atoms with Crippen molar-refractivity contribution in [3.63, 3.8) is 0 Å². The molecule has 1 aliphatic rings. The summed E-state index contributed by atoms with van der Waals surface area (Å²) in [4.78, 5) is 15.7. The van der Waals surface area contributed by atoms with Crippen LogP contribution in [0, 0.1) is 0 Å². The average molecular weight is 266 g/mol. The lowest BCUT2D eigenvalue weighted by molar-refractivity contribution is 0.0525. The van der Waals surface area contributed by atoms with E-state index >= 15 is 0 Å². The van der Waals surface area contributed by atoms with Gasteiger partial charge >= 0.3 is 5.97 Å². The summed E-state index contributed by atoms with van der Waals surface area (Å²) in [6.45, 7) is 11.9. The van der Waals surface area contributed by atoms with Gasteiger partial charge in [-0.05, 0) is 31.5 Å². The predicted octanol–water partition coefficient (Wildman–Crippen LogP) is 2.96. The van der Waals surface area contributed by atoms with Crippen molar-refractivity contribution in [2.24, 2.45) is 0 Å². The fourth-order valence-corrected chi connectivity index (χ4v) is 1.67. The number of pyridine rings is 1. The van der Waals surface area contributed by atoms with Crippen molar-refractivity contribution < 1.29 is 9.53 Å². The molecule has 0 fully saturated rings. The zero-order valence-corrected chi connectivity index (χ0v) is 12.7. The maximum atomic E-state index is 11.5. The standard InChI is InChI=1S/C11H14N2O2.2C2H6/c1-2-15-11(14)9-5-8-3-4-12-7-10(8)13-6-9;2*1-2/h5-6,12H,2-4,7H2,1H3;2*1-2H3. The Labute approximate surface area is 116 Å². The van der Waals surface area contributed by atoms with Crippen molar-refractivity contribution >= 4 is 5.97 Å². The molecule has 2 heterocycles. The summed E-state index contributed by atoms with van der Waals surface area (Å²) in [6.07, 6.45) is 2.51. The molecule has 1 aromatic rings. The molecular formula is C15H26N2O2. The molecule has 1 N–H and O–H groups in total. The molecule has 2 rings (SSSR count). The van der Waals surface area contributed by atoms with Gasteiger partial charge in [-0.1, -0.05) is 27.7 Å². The maximum Gasteiger partial charge on any atom is 0.339 e. The van der Waals surface area contributed by atoms with E-state index < -0.39 is 0 Å². The Morgan fingerprint density at radius 2 is 2.05 bits per heavy atom. The van der Waals surface area contributed by atoms with Crippen LogP contribution in [0.25, 0.3) is 0 Å². The minimum Gasteiger partial charge on any atom is -0.462 e. The van der Waals surface area contributed by atoms with Crippen LogP contribution in [-0.2, 0) is 17.7 Å². The SMILES string of the molecule is CC.CC.CCOC(=O)c1cnc2c(c1)CCNC2.